The Morgan fingerprint density at radius 2 is 1.23 bits per heavy atom. The molecule has 0 spiro atoms. The Morgan fingerprint density at radius 1 is 0.692 bits per heavy atom. The van der Waals surface area contributed by atoms with E-state index in [0.717, 1.165) is 32.7 Å². The molecule has 0 aliphatic rings. The van der Waals surface area contributed by atoms with E-state index in [1.165, 1.54) is 16.8 Å². The van der Waals surface area contributed by atoms with E-state index >= 15 is 0 Å². The molecule has 3 aromatic carbocycles. The fourth-order valence-corrected chi connectivity index (χ4v) is 3.22. The molecule has 0 saturated heterocycles. The minimum Gasteiger partial charge on any atom is -0.371 e. The maximum Gasteiger partial charge on any atom is 0.0366 e. The number of hydrogen-bond donors (Lipinski definition) is 0. The van der Waals surface area contributed by atoms with Crippen LogP contribution in [0, 0.1) is 6.07 Å². The van der Waals surface area contributed by atoms with Gasteiger partial charge in [-0.05, 0) is 36.2 Å². The van der Waals surface area contributed by atoms with Gasteiger partial charge < -0.3 is 4.90 Å². The minimum absolute atomic E-state index is 0.968. The first-order valence-corrected chi connectivity index (χ1v) is 9.36. The van der Waals surface area contributed by atoms with Crippen molar-refractivity contribution in [2.24, 2.45) is 0 Å². The van der Waals surface area contributed by atoms with Gasteiger partial charge in [0.1, 0.15) is 0 Å². The summed E-state index contributed by atoms with van der Waals surface area (Å²) < 4.78 is 0. The van der Waals surface area contributed by atoms with Crippen LogP contribution in [0.4, 0.5) is 5.69 Å². The Balaban J connectivity index is 1.68. The average molecular weight is 343 g/mol. The Bertz CT molecular complexity index is 699. The van der Waals surface area contributed by atoms with Gasteiger partial charge in [0.15, 0.2) is 0 Å². The number of nitrogens with zero attached hydrogens (tertiary/aromatic N) is 2. The average Bonchev–Trinajstić information content (AvgIpc) is 2.71. The summed E-state index contributed by atoms with van der Waals surface area (Å²) in [6.45, 7) is 7.20. The van der Waals surface area contributed by atoms with Gasteiger partial charge >= 0.3 is 0 Å². The molecular weight excluding hydrogens is 316 g/mol. The van der Waals surface area contributed by atoms with Crippen LogP contribution in [0.5, 0.6) is 0 Å². The standard InChI is InChI=1S/C24H27N2/c1-2-26(24-16-10-5-11-17-24)19-18-25(20-22-12-6-3-7-13-22)21-23-14-8-4-9-15-23/h3-4,6-17H,2,18-21H2,1H3. The zero-order valence-corrected chi connectivity index (χ0v) is 15.5. The van der Waals surface area contributed by atoms with E-state index < -0.39 is 0 Å². The molecule has 3 rings (SSSR count). The number of hydrogen-bond acceptors (Lipinski definition) is 2. The zero-order valence-electron chi connectivity index (χ0n) is 15.5. The maximum absolute atomic E-state index is 3.10. The predicted molar refractivity (Wildman–Crippen MR) is 110 cm³/mol. The molecule has 0 atom stereocenters. The Kier molecular flexibility index (Phi) is 6.86. The number of rotatable bonds is 9. The maximum atomic E-state index is 3.10. The van der Waals surface area contributed by atoms with Crippen LogP contribution in [0.25, 0.3) is 0 Å². The second kappa shape index (κ2) is 9.79. The molecule has 0 unspecified atom stereocenters. The Morgan fingerprint density at radius 3 is 1.73 bits per heavy atom. The normalized spacial score (nSPS) is 10.8. The minimum atomic E-state index is 0.968. The van der Waals surface area contributed by atoms with Crippen LogP contribution in [0.2, 0.25) is 0 Å². The van der Waals surface area contributed by atoms with Crippen molar-refractivity contribution in [3.63, 3.8) is 0 Å². The number of anilines is 1. The van der Waals surface area contributed by atoms with Crippen molar-refractivity contribution in [1.29, 1.82) is 0 Å². The second-order valence-corrected chi connectivity index (χ2v) is 6.52. The van der Waals surface area contributed by atoms with Gasteiger partial charge in [-0.2, -0.15) is 0 Å². The van der Waals surface area contributed by atoms with Crippen molar-refractivity contribution in [1.82, 2.24) is 4.90 Å². The van der Waals surface area contributed by atoms with E-state index in [1.807, 2.05) is 12.1 Å². The van der Waals surface area contributed by atoms with Gasteiger partial charge in [0.25, 0.3) is 0 Å². The molecule has 3 aromatic rings. The fraction of sp³-hybridized carbons (Fsp3) is 0.250. The quantitative estimate of drug-likeness (QED) is 0.538. The number of benzene rings is 3. The lowest BCUT2D eigenvalue weighted by Gasteiger charge is -2.28. The highest BCUT2D eigenvalue weighted by Crippen LogP contribution is 2.14. The summed E-state index contributed by atoms with van der Waals surface area (Å²) in [5.74, 6) is 0. The van der Waals surface area contributed by atoms with Gasteiger partial charge in [-0.25, -0.2) is 0 Å². The topological polar surface area (TPSA) is 6.48 Å². The molecule has 2 heteroatoms. The molecule has 133 valence electrons. The zero-order chi connectivity index (χ0) is 18.0. The fourth-order valence-electron chi connectivity index (χ4n) is 3.22. The van der Waals surface area contributed by atoms with E-state index in [9.17, 15) is 0 Å². The molecule has 26 heavy (non-hydrogen) atoms. The van der Waals surface area contributed by atoms with Crippen LogP contribution >= 0.6 is 0 Å². The summed E-state index contributed by atoms with van der Waals surface area (Å²) in [5.41, 5.74) is 3.99. The molecule has 0 fully saturated rings. The molecule has 0 amide bonds. The van der Waals surface area contributed by atoms with Crippen molar-refractivity contribution in [2.75, 3.05) is 24.5 Å². The number of likely N-dealkylation sites (N-methyl/N-ethyl adjacent to an activating group) is 1. The SMILES string of the molecule is CCN(CCN(Cc1ccccc1)Cc1ccccc1)c1cc[c]cc1. The van der Waals surface area contributed by atoms with E-state index in [0.29, 0.717) is 0 Å². The van der Waals surface area contributed by atoms with Crippen molar-refractivity contribution in [2.45, 2.75) is 20.0 Å². The third-order valence-corrected chi connectivity index (χ3v) is 4.63. The molecule has 0 aliphatic heterocycles. The predicted octanol–water partition coefficient (Wildman–Crippen LogP) is 5.02. The molecule has 0 bridgehead atoms. The molecule has 0 aliphatic carbocycles. The van der Waals surface area contributed by atoms with Gasteiger partial charge in [0, 0.05) is 38.4 Å². The van der Waals surface area contributed by atoms with Gasteiger partial charge in [0.05, 0.1) is 0 Å². The van der Waals surface area contributed by atoms with Gasteiger partial charge in [-0.3, -0.25) is 4.90 Å². The Hall–Kier alpha value is -2.58. The molecule has 2 nitrogen and oxygen atoms in total. The summed E-state index contributed by atoms with van der Waals surface area (Å²) in [4.78, 5) is 4.96. The van der Waals surface area contributed by atoms with Crippen molar-refractivity contribution >= 4 is 5.69 Å². The van der Waals surface area contributed by atoms with E-state index in [-0.39, 0.29) is 0 Å². The van der Waals surface area contributed by atoms with Gasteiger partial charge in [-0.1, -0.05) is 72.8 Å². The second-order valence-electron chi connectivity index (χ2n) is 6.52. The molecule has 0 N–H and O–H groups in total. The molecule has 0 aromatic heterocycles. The van der Waals surface area contributed by atoms with E-state index in [4.69, 9.17) is 0 Å². The van der Waals surface area contributed by atoms with Gasteiger partial charge in [-0.15, -0.1) is 0 Å². The van der Waals surface area contributed by atoms with Crippen LogP contribution in [0.1, 0.15) is 18.1 Å². The van der Waals surface area contributed by atoms with Crippen molar-refractivity contribution in [3.8, 4) is 0 Å². The summed E-state index contributed by atoms with van der Waals surface area (Å²) in [6, 6.07) is 32.8. The third-order valence-electron chi connectivity index (χ3n) is 4.63. The van der Waals surface area contributed by atoms with Crippen LogP contribution in [-0.2, 0) is 13.1 Å². The lowest BCUT2D eigenvalue weighted by Crippen LogP contribution is -2.34. The molecule has 0 saturated carbocycles. The smallest absolute Gasteiger partial charge is 0.0366 e. The lowest BCUT2D eigenvalue weighted by molar-refractivity contribution is 0.262. The van der Waals surface area contributed by atoms with Crippen LogP contribution in [0.15, 0.2) is 84.9 Å². The van der Waals surface area contributed by atoms with Crippen molar-refractivity contribution < 1.29 is 0 Å². The largest absolute Gasteiger partial charge is 0.371 e. The molecular formula is C24H27N2. The third kappa shape index (κ3) is 5.47. The summed E-state index contributed by atoms with van der Waals surface area (Å²) in [6.07, 6.45) is 0. The first-order chi connectivity index (χ1) is 12.8. The van der Waals surface area contributed by atoms with Crippen LogP contribution in [-0.4, -0.2) is 24.5 Å². The summed E-state index contributed by atoms with van der Waals surface area (Å²) in [7, 11) is 0. The van der Waals surface area contributed by atoms with E-state index in [1.54, 1.807) is 0 Å². The highest BCUT2D eigenvalue weighted by Gasteiger charge is 2.10. The first kappa shape index (κ1) is 18.2. The first-order valence-electron chi connectivity index (χ1n) is 9.36. The Labute approximate surface area is 157 Å². The highest BCUT2D eigenvalue weighted by molar-refractivity contribution is 5.45. The van der Waals surface area contributed by atoms with Crippen LogP contribution in [0.3, 0.4) is 0 Å². The summed E-state index contributed by atoms with van der Waals surface area (Å²) >= 11 is 0. The molecule has 1 radical (unpaired) electrons. The monoisotopic (exact) mass is 343 g/mol. The highest BCUT2D eigenvalue weighted by atomic mass is 15.2. The summed E-state index contributed by atoms with van der Waals surface area (Å²) in [5, 5.41) is 0. The van der Waals surface area contributed by atoms with E-state index in [2.05, 4.69) is 95.6 Å². The van der Waals surface area contributed by atoms with Gasteiger partial charge in [0.2, 0.25) is 0 Å². The van der Waals surface area contributed by atoms with Crippen LogP contribution < -0.4 is 4.90 Å². The molecule has 0 heterocycles. The lowest BCUT2D eigenvalue weighted by atomic mass is 10.1. The van der Waals surface area contributed by atoms with Crippen molar-refractivity contribution in [3.05, 3.63) is 102 Å².